The Bertz CT molecular complexity index is 467. The number of imidazole rings is 1. The van der Waals surface area contributed by atoms with Crippen molar-refractivity contribution in [2.75, 3.05) is 0 Å². The summed E-state index contributed by atoms with van der Waals surface area (Å²) in [7, 11) is 0. The summed E-state index contributed by atoms with van der Waals surface area (Å²) < 4.78 is 2.09. The van der Waals surface area contributed by atoms with Gasteiger partial charge in [-0.1, -0.05) is 6.92 Å². The van der Waals surface area contributed by atoms with Crippen LogP contribution in [0, 0.1) is 5.41 Å². The molecule has 1 saturated carbocycles. The molecule has 0 saturated heterocycles. The van der Waals surface area contributed by atoms with E-state index in [4.69, 9.17) is 0 Å². The SMILES string of the molecule is CC(NCc1cn2ccsc2n1)C1(C)CC1. The fraction of sp³-hybridized carbons (Fsp3) is 0.583. The first-order chi connectivity index (χ1) is 7.67. The minimum absolute atomic E-state index is 0.539. The van der Waals surface area contributed by atoms with Crippen molar-refractivity contribution in [1.82, 2.24) is 14.7 Å². The minimum atomic E-state index is 0.539. The highest BCUT2D eigenvalue weighted by molar-refractivity contribution is 7.15. The molecule has 3 nitrogen and oxygen atoms in total. The first-order valence-corrected chi connectivity index (χ1v) is 6.70. The number of thiazole rings is 1. The maximum absolute atomic E-state index is 4.57. The normalized spacial score (nSPS) is 20.1. The van der Waals surface area contributed by atoms with E-state index in [0.29, 0.717) is 11.5 Å². The Hall–Kier alpha value is -0.870. The molecule has 0 bridgehead atoms. The van der Waals surface area contributed by atoms with Gasteiger partial charge in [0.1, 0.15) is 0 Å². The summed E-state index contributed by atoms with van der Waals surface area (Å²) in [6, 6.07) is 0.590. The maximum atomic E-state index is 4.57. The summed E-state index contributed by atoms with van der Waals surface area (Å²) in [5, 5.41) is 5.64. The Morgan fingerprint density at radius 2 is 2.44 bits per heavy atom. The molecule has 86 valence electrons. The van der Waals surface area contributed by atoms with Gasteiger partial charge in [-0.25, -0.2) is 4.98 Å². The smallest absolute Gasteiger partial charge is 0.193 e. The van der Waals surface area contributed by atoms with Gasteiger partial charge in [0.05, 0.1) is 5.69 Å². The Morgan fingerprint density at radius 1 is 1.62 bits per heavy atom. The van der Waals surface area contributed by atoms with E-state index in [2.05, 4.69) is 46.3 Å². The van der Waals surface area contributed by atoms with Crippen molar-refractivity contribution in [3.05, 3.63) is 23.5 Å². The maximum Gasteiger partial charge on any atom is 0.193 e. The molecule has 2 heterocycles. The first kappa shape index (κ1) is 10.3. The zero-order valence-corrected chi connectivity index (χ0v) is 10.5. The van der Waals surface area contributed by atoms with Crippen LogP contribution in [0.1, 0.15) is 32.4 Å². The highest BCUT2D eigenvalue weighted by atomic mass is 32.1. The van der Waals surface area contributed by atoms with E-state index in [1.165, 1.54) is 12.8 Å². The van der Waals surface area contributed by atoms with Gasteiger partial charge in [0, 0.05) is 30.4 Å². The van der Waals surface area contributed by atoms with Gasteiger partial charge in [0.15, 0.2) is 4.96 Å². The van der Waals surface area contributed by atoms with E-state index >= 15 is 0 Å². The molecule has 2 aromatic heterocycles. The lowest BCUT2D eigenvalue weighted by atomic mass is 10.0. The van der Waals surface area contributed by atoms with Crippen molar-refractivity contribution in [2.45, 2.75) is 39.3 Å². The van der Waals surface area contributed by atoms with Crippen LogP contribution in [0.4, 0.5) is 0 Å². The van der Waals surface area contributed by atoms with Crippen molar-refractivity contribution < 1.29 is 0 Å². The van der Waals surface area contributed by atoms with Crippen LogP contribution < -0.4 is 5.32 Å². The fourth-order valence-corrected chi connectivity index (χ4v) is 2.71. The number of hydrogen-bond donors (Lipinski definition) is 1. The summed E-state index contributed by atoms with van der Waals surface area (Å²) in [5.74, 6) is 0. The summed E-state index contributed by atoms with van der Waals surface area (Å²) in [4.78, 5) is 5.65. The average Bonchev–Trinajstić information content (AvgIpc) is 2.72. The Morgan fingerprint density at radius 3 is 3.12 bits per heavy atom. The van der Waals surface area contributed by atoms with Crippen molar-refractivity contribution in [2.24, 2.45) is 5.41 Å². The standard InChI is InChI=1S/C12H17N3S/c1-9(12(2)3-4-12)13-7-10-8-15-5-6-16-11(15)14-10/h5-6,8-9,13H,3-4,7H2,1-2H3. The highest BCUT2D eigenvalue weighted by Gasteiger charge is 2.42. The van der Waals surface area contributed by atoms with Crippen molar-refractivity contribution in [1.29, 1.82) is 0 Å². The molecule has 1 fully saturated rings. The largest absolute Gasteiger partial charge is 0.308 e. The number of nitrogens with one attached hydrogen (secondary N) is 1. The molecule has 1 unspecified atom stereocenters. The fourth-order valence-electron chi connectivity index (χ4n) is 2.00. The van der Waals surface area contributed by atoms with Crippen molar-refractivity contribution in [3.63, 3.8) is 0 Å². The summed E-state index contributed by atoms with van der Waals surface area (Å²) in [6.45, 7) is 5.52. The lowest BCUT2D eigenvalue weighted by molar-refractivity contribution is 0.378. The van der Waals surface area contributed by atoms with E-state index in [1.807, 2.05) is 0 Å². The summed E-state index contributed by atoms with van der Waals surface area (Å²) >= 11 is 1.68. The van der Waals surface area contributed by atoms with Crippen LogP contribution >= 0.6 is 11.3 Å². The van der Waals surface area contributed by atoms with Gasteiger partial charge in [0.2, 0.25) is 0 Å². The minimum Gasteiger partial charge on any atom is -0.308 e. The molecule has 1 aliphatic carbocycles. The third kappa shape index (κ3) is 1.76. The van der Waals surface area contributed by atoms with Crippen LogP contribution in [-0.2, 0) is 6.54 Å². The molecule has 0 aromatic carbocycles. The Labute approximate surface area is 99.5 Å². The second-order valence-electron chi connectivity index (χ2n) is 5.08. The molecule has 0 amide bonds. The second kappa shape index (κ2) is 3.57. The molecule has 0 radical (unpaired) electrons. The van der Waals surface area contributed by atoms with Crippen LogP contribution in [0.25, 0.3) is 4.96 Å². The molecule has 0 spiro atoms. The molecule has 1 atom stereocenters. The second-order valence-corrected chi connectivity index (χ2v) is 5.95. The number of hydrogen-bond acceptors (Lipinski definition) is 3. The molecule has 3 rings (SSSR count). The summed E-state index contributed by atoms with van der Waals surface area (Å²) in [5.41, 5.74) is 1.68. The molecule has 1 aliphatic rings. The topological polar surface area (TPSA) is 29.3 Å². The van der Waals surface area contributed by atoms with E-state index in [-0.39, 0.29) is 0 Å². The van der Waals surface area contributed by atoms with Gasteiger partial charge in [-0.15, -0.1) is 11.3 Å². The predicted molar refractivity (Wildman–Crippen MR) is 66.7 cm³/mol. The van der Waals surface area contributed by atoms with E-state index in [1.54, 1.807) is 11.3 Å². The Balaban J connectivity index is 1.64. The molecular weight excluding hydrogens is 218 g/mol. The van der Waals surface area contributed by atoms with Crippen LogP contribution in [0.2, 0.25) is 0 Å². The summed E-state index contributed by atoms with van der Waals surface area (Å²) in [6.07, 6.45) is 6.89. The third-order valence-electron chi connectivity index (χ3n) is 3.82. The first-order valence-electron chi connectivity index (χ1n) is 5.82. The van der Waals surface area contributed by atoms with E-state index in [0.717, 1.165) is 17.2 Å². The zero-order valence-electron chi connectivity index (χ0n) is 9.73. The number of aromatic nitrogens is 2. The van der Waals surface area contributed by atoms with Gasteiger partial charge < -0.3 is 5.32 Å². The molecule has 16 heavy (non-hydrogen) atoms. The van der Waals surface area contributed by atoms with Gasteiger partial charge in [-0.2, -0.15) is 0 Å². The van der Waals surface area contributed by atoms with E-state index in [9.17, 15) is 0 Å². The van der Waals surface area contributed by atoms with E-state index < -0.39 is 0 Å². The molecule has 0 aliphatic heterocycles. The zero-order chi connectivity index (χ0) is 11.2. The lowest BCUT2D eigenvalue weighted by Crippen LogP contribution is -2.32. The van der Waals surface area contributed by atoms with Gasteiger partial charge in [0.25, 0.3) is 0 Å². The average molecular weight is 235 g/mol. The van der Waals surface area contributed by atoms with Crippen LogP contribution in [0.5, 0.6) is 0 Å². The third-order valence-corrected chi connectivity index (χ3v) is 4.59. The number of nitrogens with zero attached hydrogens (tertiary/aromatic N) is 2. The van der Waals surface area contributed by atoms with Crippen LogP contribution in [0.15, 0.2) is 17.8 Å². The molecule has 2 aromatic rings. The van der Waals surface area contributed by atoms with Crippen LogP contribution in [-0.4, -0.2) is 15.4 Å². The van der Waals surface area contributed by atoms with Gasteiger partial charge >= 0.3 is 0 Å². The lowest BCUT2D eigenvalue weighted by Gasteiger charge is -2.19. The molecular formula is C12H17N3S. The molecule has 1 N–H and O–H groups in total. The number of fused-ring (bicyclic) bond motifs is 1. The Kier molecular flexibility index (Phi) is 2.30. The monoisotopic (exact) mass is 235 g/mol. The van der Waals surface area contributed by atoms with Crippen molar-refractivity contribution in [3.8, 4) is 0 Å². The van der Waals surface area contributed by atoms with Crippen LogP contribution in [0.3, 0.4) is 0 Å². The van der Waals surface area contributed by atoms with Gasteiger partial charge in [-0.05, 0) is 25.2 Å². The van der Waals surface area contributed by atoms with Crippen molar-refractivity contribution >= 4 is 16.3 Å². The highest BCUT2D eigenvalue weighted by Crippen LogP contribution is 2.47. The quantitative estimate of drug-likeness (QED) is 0.883. The number of rotatable bonds is 4. The molecule has 4 heteroatoms. The van der Waals surface area contributed by atoms with Gasteiger partial charge in [-0.3, -0.25) is 4.40 Å². The predicted octanol–water partition coefficient (Wildman–Crippen LogP) is 2.67.